The van der Waals surface area contributed by atoms with Crippen molar-refractivity contribution in [1.82, 2.24) is 15.0 Å². The van der Waals surface area contributed by atoms with Gasteiger partial charge in [-0.05, 0) is 12.1 Å². The summed E-state index contributed by atoms with van der Waals surface area (Å²) in [6.45, 7) is 0. The van der Waals surface area contributed by atoms with Crippen molar-refractivity contribution in [1.29, 1.82) is 0 Å². The third kappa shape index (κ3) is 3.36. The fourth-order valence-electron chi connectivity index (χ4n) is 0.570. The Balaban J connectivity index is 0.000000120. The maximum absolute atomic E-state index is 8.31. The largest absolute Gasteiger partial charge is 0.480 e. The second kappa shape index (κ2) is 4.90. The average molecular weight is 163 g/mol. The summed E-state index contributed by atoms with van der Waals surface area (Å²) in [4.78, 5) is 9.65. The number of pyridine rings is 1. The maximum atomic E-state index is 8.31. The minimum atomic E-state index is -0.0324. The number of hydrogen-bond acceptors (Lipinski definition) is 3. The zero-order chi connectivity index (χ0) is 8.65. The maximum Gasteiger partial charge on any atom is 0.290 e. The molecule has 4 heteroatoms. The molecule has 0 amide bonds. The van der Waals surface area contributed by atoms with Gasteiger partial charge in [0.1, 0.15) is 0 Å². The zero-order valence-corrected chi connectivity index (χ0v) is 6.38. The number of nitrogens with zero attached hydrogens (tertiary/aromatic N) is 2. The molecule has 0 atom stereocenters. The first kappa shape index (κ1) is 8.26. The molecule has 2 aromatic rings. The van der Waals surface area contributed by atoms with Gasteiger partial charge in [0, 0.05) is 24.8 Å². The SMILES string of the molecule is Oc1ncc[nH]1.c1ccncc1. The van der Waals surface area contributed by atoms with E-state index in [-0.39, 0.29) is 6.01 Å². The van der Waals surface area contributed by atoms with Crippen LogP contribution in [0, 0.1) is 0 Å². The molecule has 2 aromatic heterocycles. The molecule has 2 heterocycles. The number of H-pyrrole nitrogens is 1. The molecule has 0 aromatic carbocycles. The summed E-state index contributed by atoms with van der Waals surface area (Å²) in [5.41, 5.74) is 0. The monoisotopic (exact) mass is 163 g/mol. The molecule has 0 saturated carbocycles. The van der Waals surface area contributed by atoms with Crippen molar-refractivity contribution >= 4 is 0 Å². The lowest BCUT2D eigenvalue weighted by Gasteiger charge is -1.70. The summed E-state index contributed by atoms with van der Waals surface area (Å²) in [6.07, 6.45) is 6.53. The van der Waals surface area contributed by atoms with E-state index >= 15 is 0 Å². The van der Waals surface area contributed by atoms with E-state index in [1.54, 1.807) is 18.6 Å². The highest BCUT2D eigenvalue weighted by Crippen LogP contribution is 1.90. The number of hydrogen-bond donors (Lipinski definition) is 2. The van der Waals surface area contributed by atoms with Crippen molar-refractivity contribution in [3.05, 3.63) is 43.0 Å². The minimum absolute atomic E-state index is 0.0324. The van der Waals surface area contributed by atoms with Gasteiger partial charge in [-0.2, -0.15) is 0 Å². The van der Waals surface area contributed by atoms with Crippen LogP contribution in [-0.4, -0.2) is 20.1 Å². The fraction of sp³-hybridized carbons (Fsp3) is 0. The predicted octanol–water partition coefficient (Wildman–Crippen LogP) is 1.20. The molecule has 4 nitrogen and oxygen atoms in total. The van der Waals surface area contributed by atoms with E-state index in [9.17, 15) is 0 Å². The van der Waals surface area contributed by atoms with E-state index in [1.165, 1.54) is 6.20 Å². The summed E-state index contributed by atoms with van der Waals surface area (Å²) in [5, 5.41) is 8.31. The standard InChI is InChI=1S/C5H5N.C3H4N2O/c1-2-4-6-5-3-1;6-3-4-1-2-5-3/h1-5H;1-2H,(H2,4,5,6). The summed E-state index contributed by atoms with van der Waals surface area (Å²) in [5.74, 6) is 0. The molecule has 62 valence electrons. The molecule has 0 spiro atoms. The second-order valence-corrected chi connectivity index (χ2v) is 1.94. The molecule has 2 rings (SSSR count). The van der Waals surface area contributed by atoms with E-state index < -0.39 is 0 Å². The van der Waals surface area contributed by atoms with Crippen molar-refractivity contribution in [2.75, 3.05) is 0 Å². The highest BCUT2D eigenvalue weighted by molar-refractivity contribution is 4.88. The molecular formula is C8H9N3O. The van der Waals surface area contributed by atoms with Gasteiger partial charge in [-0.3, -0.25) is 4.98 Å². The Labute approximate surface area is 69.9 Å². The summed E-state index contributed by atoms with van der Waals surface area (Å²) in [7, 11) is 0. The molecule has 0 saturated heterocycles. The van der Waals surface area contributed by atoms with Gasteiger partial charge in [0.05, 0.1) is 0 Å². The van der Waals surface area contributed by atoms with Crippen LogP contribution in [0.15, 0.2) is 43.0 Å². The number of rotatable bonds is 0. The Kier molecular flexibility index (Phi) is 3.37. The predicted molar refractivity (Wildman–Crippen MR) is 44.5 cm³/mol. The number of aromatic amines is 1. The minimum Gasteiger partial charge on any atom is -0.480 e. The Hall–Kier alpha value is -1.84. The molecule has 0 unspecified atom stereocenters. The van der Waals surface area contributed by atoms with Crippen LogP contribution in [-0.2, 0) is 0 Å². The van der Waals surface area contributed by atoms with Gasteiger partial charge < -0.3 is 10.1 Å². The third-order valence-corrected chi connectivity index (χ3v) is 1.05. The topological polar surface area (TPSA) is 61.8 Å². The number of aromatic nitrogens is 3. The average Bonchev–Trinajstić information content (AvgIpc) is 2.60. The lowest BCUT2D eigenvalue weighted by molar-refractivity contribution is 0.436. The quantitative estimate of drug-likeness (QED) is 0.613. The summed E-state index contributed by atoms with van der Waals surface area (Å²) < 4.78 is 0. The molecule has 0 aliphatic rings. The van der Waals surface area contributed by atoms with Crippen LogP contribution in [0.3, 0.4) is 0 Å². The van der Waals surface area contributed by atoms with Crippen molar-refractivity contribution in [3.63, 3.8) is 0 Å². The highest BCUT2D eigenvalue weighted by atomic mass is 16.3. The van der Waals surface area contributed by atoms with E-state index in [0.29, 0.717) is 0 Å². The summed E-state index contributed by atoms with van der Waals surface area (Å²) in [6, 6.07) is 5.68. The Morgan fingerprint density at radius 3 is 2.00 bits per heavy atom. The number of nitrogens with one attached hydrogen (secondary N) is 1. The van der Waals surface area contributed by atoms with Gasteiger partial charge in [-0.1, -0.05) is 6.07 Å². The smallest absolute Gasteiger partial charge is 0.290 e. The van der Waals surface area contributed by atoms with Crippen LogP contribution >= 0.6 is 0 Å². The first-order valence-corrected chi connectivity index (χ1v) is 3.43. The Morgan fingerprint density at radius 2 is 1.83 bits per heavy atom. The van der Waals surface area contributed by atoms with Gasteiger partial charge in [-0.25, -0.2) is 4.98 Å². The number of aromatic hydroxyl groups is 1. The van der Waals surface area contributed by atoms with Crippen LogP contribution in [0.25, 0.3) is 0 Å². The third-order valence-electron chi connectivity index (χ3n) is 1.05. The Bertz CT molecular complexity index is 254. The van der Waals surface area contributed by atoms with Gasteiger partial charge >= 0.3 is 0 Å². The van der Waals surface area contributed by atoms with E-state index in [4.69, 9.17) is 5.11 Å². The fourth-order valence-corrected chi connectivity index (χ4v) is 0.570. The van der Waals surface area contributed by atoms with Gasteiger partial charge in [-0.15, -0.1) is 0 Å². The first-order chi connectivity index (χ1) is 5.89. The van der Waals surface area contributed by atoms with Crippen LogP contribution in [0.2, 0.25) is 0 Å². The second-order valence-electron chi connectivity index (χ2n) is 1.94. The molecule has 12 heavy (non-hydrogen) atoms. The van der Waals surface area contributed by atoms with Crippen molar-refractivity contribution < 1.29 is 5.11 Å². The lowest BCUT2D eigenvalue weighted by Crippen LogP contribution is -1.58. The zero-order valence-electron chi connectivity index (χ0n) is 6.38. The van der Waals surface area contributed by atoms with Crippen molar-refractivity contribution in [3.8, 4) is 6.01 Å². The first-order valence-electron chi connectivity index (χ1n) is 3.43. The van der Waals surface area contributed by atoms with Gasteiger partial charge in [0.2, 0.25) is 0 Å². The van der Waals surface area contributed by atoms with Crippen LogP contribution in [0.5, 0.6) is 6.01 Å². The molecule has 0 aliphatic carbocycles. The van der Waals surface area contributed by atoms with Crippen LogP contribution in [0.1, 0.15) is 0 Å². The van der Waals surface area contributed by atoms with Crippen molar-refractivity contribution in [2.24, 2.45) is 0 Å². The number of imidazole rings is 1. The molecule has 2 N–H and O–H groups in total. The lowest BCUT2D eigenvalue weighted by atomic mass is 10.5. The normalized spacial score (nSPS) is 8.33. The molecule has 0 aliphatic heterocycles. The van der Waals surface area contributed by atoms with Crippen LogP contribution in [0.4, 0.5) is 0 Å². The Morgan fingerprint density at radius 1 is 1.08 bits per heavy atom. The molecule has 0 radical (unpaired) electrons. The van der Waals surface area contributed by atoms with Gasteiger partial charge in [0.15, 0.2) is 0 Å². The van der Waals surface area contributed by atoms with Gasteiger partial charge in [0.25, 0.3) is 6.01 Å². The van der Waals surface area contributed by atoms with Crippen molar-refractivity contribution in [2.45, 2.75) is 0 Å². The van der Waals surface area contributed by atoms with E-state index in [1.807, 2.05) is 18.2 Å². The molecule has 0 bridgehead atoms. The molecule has 0 fully saturated rings. The van der Waals surface area contributed by atoms with E-state index in [2.05, 4.69) is 15.0 Å². The van der Waals surface area contributed by atoms with Crippen LogP contribution < -0.4 is 0 Å². The highest BCUT2D eigenvalue weighted by Gasteiger charge is 1.77. The molecular weight excluding hydrogens is 154 g/mol. The summed E-state index contributed by atoms with van der Waals surface area (Å²) >= 11 is 0. The van der Waals surface area contributed by atoms with E-state index in [0.717, 1.165) is 0 Å².